The summed E-state index contributed by atoms with van der Waals surface area (Å²) < 4.78 is 11.3. The van der Waals surface area contributed by atoms with E-state index in [4.69, 9.17) is 15.2 Å². The highest BCUT2D eigenvalue weighted by atomic mass is 35.5. The van der Waals surface area contributed by atoms with E-state index in [1.54, 1.807) is 0 Å². The van der Waals surface area contributed by atoms with Gasteiger partial charge in [-0.1, -0.05) is 12.1 Å². The summed E-state index contributed by atoms with van der Waals surface area (Å²) >= 11 is 0. The molecule has 2 saturated heterocycles. The van der Waals surface area contributed by atoms with Crippen LogP contribution < -0.4 is 10.5 Å². The van der Waals surface area contributed by atoms with E-state index in [1.807, 2.05) is 0 Å². The Balaban J connectivity index is 0.00000161. The van der Waals surface area contributed by atoms with Gasteiger partial charge >= 0.3 is 0 Å². The minimum atomic E-state index is 0. The molecule has 0 spiro atoms. The third-order valence-corrected chi connectivity index (χ3v) is 4.10. The predicted molar refractivity (Wildman–Crippen MR) is 86.0 cm³/mol. The van der Waals surface area contributed by atoms with Crippen LogP contribution in [0.3, 0.4) is 0 Å². The lowest BCUT2D eigenvalue weighted by molar-refractivity contribution is 0.0679. The van der Waals surface area contributed by atoms with E-state index in [-0.39, 0.29) is 18.5 Å². The molecule has 21 heavy (non-hydrogen) atoms. The summed E-state index contributed by atoms with van der Waals surface area (Å²) in [6.07, 6.45) is 3.67. The van der Waals surface area contributed by atoms with Crippen LogP contribution in [0.5, 0.6) is 5.75 Å². The third-order valence-electron chi connectivity index (χ3n) is 4.10. The van der Waals surface area contributed by atoms with Crippen molar-refractivity contribution < 1.29 is 9.47 Å². The number of nitrogens with two attached hydrogens (primary N) is 1. The number of hydrogen-bond acceptors (Lipinski definition) is 4. The van der Waals surface area contributed by atoms with Crippen LogP contribution >= 0.6 is 12.4 Å². The first-order valence-electron chi connectivity index (χ1n) is 7.61. The quantitative estimate of drug-likeness (QED) is 0.905. The Kier molecular flexibility index (Phi) is 6.30. The van der Waals surface area contributed by atoms with Gasteiger partial charge in [-0.15, -0.1) is 12.4 Å². The fourth-order valence-electron chi connectivity index (χ4n) is 2.92. The predicted octanol–water partition coefficient (Wildman–Crippen LogP) is 2.20. The maximum absolute atomic E-state index is 5.93. The molecular formula is C16H25ClN2O2. The molecule has 1 aromatic rings. The lowest BCUT2D eigenvalue weighted by atomic mass is 10.2. The van der Waals surface area contributed by atoms with Gasteiger partial charge in [-0.3, -0.25) is 4.90 Å². The average Bonchev–Trinajstić information content (AvgIpc) is 3.10. The summed E-state index contributed by atoms with van der Waals surface area (Å²) in [6, 6.07) is 8.76. The summed E-state index contributed by atoms with van der Waals surface area (Å²) in [7, 11) is 0. The molecule has 2 atom stereocenters. The molecule has 2 aliphatic heterocycles. The molecule has 5 heteroatoms. The van der Waals surface area contributed by atoms with Gasteiger partial charge in [0.15, 0.2) is 0 Å². The highest BCUT2D eigenvalue weighted by Gasteiger charge is 2.19. The summed E-state index contributed by atoms with van der Waals surface area (Å²) in [6.45, 7) is 4.65. The van der Waals surface area contributed by atoms with Crippen molar-refractivity contribution in [2.75, 3.05) is 26.3 Å². The van der Waals surface area contributed by atoms with E-state index in [0.29, 0.717) is 12.6 Å². The normalized spacial score (nSPS) is 25.8. The second kappa shape index (κ2) is 7.99. The first kappa shape index (κ1) is 16.6. The zero-order chi connectivity index (χ0) is 13.8. The molecule has 0 aromatic heterocycles. The van der Waals surface area contributed by atoms with Crippen LogP contribution in [-0.2, 0) is 11.3 Å². The summed E-state index contributed by atoms with van der Waals surface area (Å²) in [5.74, 6) is 0.933. The average molecular weight is 313 g/mol. The van der Waals surface area contributed by atoms with Crippen LogP contribution in [-0.4, -0.2) is 43.3 Å². The maximum Gasteiger partial charge on any atom is 0.119 e. The third kappa shape index (κ3) is 4.85. The molecule has 0 saturated carbocycles. The van der Waals surface area contributed by atoms with Gasteiger partial charge in [-0.05, 0) is 37.0 Å². The van der Waals surface area contributed by atoms with Crippen molar-refractivity contribution in [3.8, 4) is 5.75 Å². The van der Waals surface area contributed by atoms with Gasteiger partial charge in [0.1, 0.15) is 12.4 Å². The number of nitrogens with zero attached hydrogens (tertiary/aromatic N) is 1. The molecule has 0 radical (unpaired) electrons. The SMILES string of the molecule is Cl.N[C@H]1CCN(Cc2ccc(OCC3CCCO3)cc2)C1. The Labute approximate surface area is 133 Å². The highest BCUT2D eigenvalue weighted by molar-refractivity contribution is 5.85. The largest absolute Gasteiger partial charge is 0.491 e. The van der Waals surface area contributed by atoms with E-state index in [0.717, 1.165) is 51.3 Å². The van der Waals surface area contributed by atoms with E-state index in [1.165, 1.54) is 5.56 Å². The number of rotatable bonds is 5. The maximum atomic E-state index is 5.93. The Morgan fingerprint density at radius 3 is 2.67 bits per heavy atom. The summed E-state index contributed by atoms with van der Waals surface area (Å²) in [4.78, 5) is 2.41. The van der Waals surface area contributed by atoms with Gasteiger partial charge in [0.05, 0.1) is 6.10 Å². The summed E-state index contributed by atoms with van der Waals surface area (Å²) in [5.41, 5.74) is 7.25. The summed E-state index contributed by atoms with van der Waals surface area (Å²) in [5, 5.41) is 0. The molecular weight excluding hydrogens is 288 g/mol. The first-order valence-corrected chi connectivity index (χ1v) is 7.61. The number of likely N-dealkylation sites (tertiary alicyclic amines) is 1. The molecule has 3 rings (SSSR count). The highest BCUT2D eigenvalue weighted by Crippen LogP contribution is 2.18. The van der Waals surface area contributed by atoms with Crippen molar-refractivity contribution in [2.45, 2.75) is 38.0 Å². The molecule has 1 unspecified atom stereocenters. The van der Waals surface area contributed by atoms with Gasteiger partial charge in [-0.2, -0.15) is 0 Å². The molecule has 0 aliphatic carbocycles. The molecule has 1 aromatic carbocycles. The molecule has 2 fully saturated rings. The van der Waals surface area contributed by atoms with E-state index >= 15 is 0 Å². The Morgan fingerprint density at radius 2 is 2.05 bits per heavy atom. The molecule has 0 amide bonds. The van der Waals surface area contributed by atoms with Gasteiger partial charge in [-0.25, -0.2) is 0 Å². The lowest BCUT2D eigenvalue weighted by Gasteiger charge is -2.16. The molecule has 4 nitrogen and oxygen atoms in total. The van der Waals surface area contributed by atoms with Crippen molar-refractivity contribution in [1.29, 1.82) is 0 Å². The smallest absolute Gasteiger partial charge is 0.119 e. The topological polar surface area (TPSA) is 47.7 Å². The van der Waals surface area contributed by atoms with Gasteiger partial charge < -0.3 is 15.2 Å². The van der Waals surface area contributed by atoms with Crippen LogP contribution in [0.2, 0.25) is 0 Å². The van der Waals surface area contributed by atoms with Crippen molar-refractivity contribution in [2.24, 2.45) is 5.73 Å². The first-order chi connectivity index (χ1) is 9.79. The Bertz CT molecular complexity index is 421. The van der Waals surface area contributed by atoms with Crippen molar-refractivity contribution in [3.05, 3.63) is 29.8 Å². The molecule has 2 heterocycles. The molecule has 0 bridgehead atoms. The zero-order valence-corrected chi connectivity index (χ0v) is 13.2. The number of hydrogen-bond donors (Lipinski definition) is 1. The minimum absolute atomic E-state index is 0. The van der Waals surface area contributed by atoms with Crippen LogP contribution in [0.15, 0.2) is 24.3 Å². The Morgan fingerprint density at radius 1 is 1.24 bits per heavy atom. The molecule has 118 valence electrons. The van der Waals surface area contributed by atoms with Crippen molar-refractivity contribution in [3.63, 3.8) is 0 Å². The number of ether oxygens (including phenoxy) is 2. The van der Waals surface area contributed by atoms with E-state index in [2.05, 4.69) is 29.2 Å². The number of halogens is 1. The van der Waals surface area contributed by atoms with Crippen LogP contribution in [0.25, 0.3) is 0 Å². The van der Waals surface area contributed by atoms with Crippen LogP contribution in [0, 0.1) is 0 Å². The fraction of sp³-hybridized carbons (Fsp3) is 0.625. The van der Waals surface area contributed by atoms with E-state index in [9.17, 15) is 0 Å². The van der Waals surface area contributed by atoms with Crippen LogP contribution in [0.4, 0.5) is 0 Å². The monoisotopic (exact) mass is 312 g/mol. The fourth-order valence-corrected chi connectivity index (χ4v) is 2.92. The molecule has 2 aliphatic rings. The van der Waals surface area contributed by atoms with Gasteiger partial charge in [0.25, 0.3) is 0 Å². The van der Waals surface area contributed by atoms with Gasteiger partial charge in [0, 0.05) is 32.3 Å². The Hall–Kier alpha value is -0.810. The standard InChI is InChI=1S/C16H24N2O2.ClH/c17-14-7-8-18(11-14)10-13-3-5-15(6-4-13)20-12-16-2-1-9-19-16;/h3-6,14,16H,1-2,7-12,17H2;1H/t14-,16?;/m0./s1. The minimum Gasteiger partial charge on any atom is -0.491 e. The molecule has 2 N–H and O–H groups in total. The van der Waals surface area contributed by atoms with Gasteiger partial charge in [0.2, 0.25) is 0 Å². The van der Waals surface area contributed by atoms with E-state index < -0.39 is 0 Å². The second-order valence-corrected chi connectivity index (χ2v) is 5.87. The second-order valence-electron chi connectivity index (χ2n) is 5.87. The lowest BCUT2D eigenvalue weighted by Crippen LogP contribution is -2.26. The van der Waals surface area contributed by atoms with Crippen molar-refractivity contribution >= 4 is 12.4 Å². The van der Waals surface area contributed by atoms with Crippen molar-refractivity contribution in [1.82, 2.24) is 4.90 Å². The zero-order valence-electron chi connectivity index (χ0n) is 12.4. The number of benzene rings is 1. The van der Waals surface area contributed by atoms with Crippen LogP contribution in [0.1, 0.15) is 24.8 Å².